The van der Waals surface area contributed by atoms with Gasteiger partial charge in [-0.15, -0.1) is 22.9 Å². The second kappa shape index (κ2) is 5.75. The number of hydrogen-bond donors (Lipinski definition) is 0. The van der Waals surface area contributed by atoms with Crippen molar-refractivity contribution >= 4 is 50.5 Å². The summed E-state index contributed by atoms with van der Waals surface area (Å²) in [5, 5.41) is 0.518. The van der Waals surface area contributed by atoms with Crippen molar-refractivity contribution in [2.75, 3.05) is 0 Å². The van der Waals surface area contributed by atoms with Crippen molar-refractivity contribution in [1.29, 1.82) is 0 Å². The van der Waals surface area contributed by atoms with Crippen LogP contribution in [0, 0.1) is 0 Å². The van der Waals surface area contributed by atoms with E-state index < -0.39 is 0 Å². The summed E-state index contributed by atoms with van der Waals surface area (Å²) in [7, 11) is 0. The molecule has 0 nitrogen and oxygen atoms in total. The molecule has 0 saturated carbocycles. The minimum Gasteiger partial charge on any atom is -0.143 e. The molecule has 1 heterocycles. The van der Waals surface area contributed by atoms with Crippen LogP contribution >= 0.6 is 50.5 Å². The van der Waals surface area contributed by atoms with E-state index in [1.807, 2.05) is 18.2 Å². The Morgan fingerprint density at radius 3 is 2.71 bits per heavy atom. The Hall–Kier alpha value is -0.0200. The molecule has 0 aliphatic rings. The van der Waals surface area contributed by atoms with Crippen LogP contribution in [-0.4, -0.2) is 0 Å². The van der Waals surface area contributed by atoms with Gasteiger partial charge in [-0.05, 0) is 46.1 Å². The van der Waals surface area contributed by atoms with E-state index in [-0.39, 0.29) is 5.38 Å². The lowest BCUT2D eigenvalue weighted by atomic mass is 10.1. The fourth-order valence-electron chi connectivity index (χ4n) is 1.59. The van der Waals surface area contributed by atoms with Gasteiger partial charge in [-0.3, -0.25) is 0 Å². The highest BCUT2D eigenvalue weighted by Gasteiger charge is 2.17. The summed E-state index contributed by atoms with van der Waals surface area (Å²) >= 11 is 17.9. The molecule has 0 saturated heterocycles. The molecule has 0 spiro atoms. The maximum absolute atomic E-state index is 6.48. The van der Waals surface area contributed by atoms with Gasteiger partial charge in [-0.25, -0.2) is 0 Å². The third-order valence-corrected chi connectivity index (χ3v) is 5.74. The van der Waals surface area contributed by atoms with Crippen LogP contribution in [0.3, 0.4) is 0 Å². The highest BCUT2D eigenvalue weighted by atomic mass is 79.9. The van der Waals surface area contributed by atoms with Crippen molar-refractivity contribution in [3.63, 3.8) is 0 Å². The quantitative estimate of drug-likeness (QED) is 0.591. The van der Waals surface area contributed by atoms with E-state index in [2.05, 4.69) is 35.0 Å². The highest BCUT2D eigenvalue weighted by Crippen LogP contribution is 2.39. The Morgan fingerprint density at radius 2 is 2.06 bits per heavy atom. The SMILES string of the molecule is CCc1ccc(C(Cl)c2cccc(Br)c2Cl)s1. The molecule has 0 fully saturated rings. The molecule has 0 N–H and O–H groups in total. The topological polar surface area (TPSA) is 0 Å². The average Bonchev–Trinajstić information content (AvgIpc) is 2.80. The van der Waals surface area contributed by atoms with Crippen molar-refractivity contribution in [2.24, 2.45) is 0 Å². The van der Waals surface area contributed by atoms with E-state index in [1.54, 1.807) is 11.3 Å². The Kier molecular flexibility index (Phi) is 4.53. The van der Waals surface area contributed by atoms with Crippen LogP contribution < -0.4 is 0 Å². The molecule has 0 radical (unpaired) electrons. The number of benzene rings is 1. The molecule has 1 aromatic heterocycles. The van der Waals surface area contributed by atoms with Crippen molar-refractivity contribution in [1.82, 2.24) is 0 Å². The molecule has 4 heteroatoms. The van der Waals surface area contributed by atoms with Gasteiger partial charge in [0.1, 0.15) is 0 Å². The summed E-state index contributed by atoms with van der Waals surface area (Å²) in [6.07, 6.45) is 1.04. The number of halogens is 3. The zero-order chi connectivity index (χ0) is 12.4. The van der Waals surface area contributed by atoms with Crippen molar-refractivity contribution in [2.45, 2.75) is 18.7 Å². The van der Waals surface area contributed by atoms with Gasteiger partial charge in [0, 0.05) is 14.2 Å². The van der Waals surface area contributed by atoms with Gasteiger partial charge in [-0.1, -0.05) is 30.7 Å². The van der Waals surface area contributed by atoms with Crippen LogP contribution in [0.15, 0.2) is 34.8 Å². The molecule has 0 amide bonds. The second-order valence-electron chi connectivity index (χ2n) is 3.66. The Morgan fingerprint density at radius 1 is 1.29 bits per heavy atom. The molecule has 0 bridgehead atoms. The van der Waals surface area contributed by atoms with Gasteiger partial charge in [0.15, 0.2) is 0 Å². The van der Waals surface area contributed by atoms with Crippen molar-refractivity contribution in [3.8, 4) is 0 Å². The molecule has 1 atom stereocenters. The molecule has 0 aliphatic heterocycles. The third-order valence-electron chi connectivity index (χ3n) is 2.54. The molecule has 2 rings (SSSR count). The van der Waals surface area contributed by atoms with Gasteiger partial charge in [-0.2, -0.15) is 0 Å². The fourth-order valence-corrected chi connectivity index (χ4v) is 3.60. The first-order chi connectivity index (χ1) is 8.13. The van der Waals surface area contributed by atoms with Crippen LogP contribution in [0.1, 0.15) is 27.6 Å². The lowest BCUT2D eigenvalue weighted by Gasteiger charge is -2.10. The minimum atomic E-state index is -0.176. The molecule has 1 aromatic carbocycles. The van der Waals surface area contributed by atoms with E-state index in [4.69, 9.17) is 23.2 Å². The van der Waals surface area contributed by atoms with Gasteiger partial charge >= 0.3 is 0 Å². The van der Waals surface area contributed by atoms with E-state index in [1.165, 1.54) is 4.88 Å². The van der Waals surface area contributed by atoms with Crippen LogP contribution in [0.4, 0.5) is 0 Å². The van der Waals surface area contributed by atoms with Crippen molar-refractivity contribution < 1.29 is 0 Å². The molecule has 2 aromatic rings. The maximum Gasteiger partial charge on any atom is 0.0942 e. The summed E-state index contributed by atoms with van der Waals surface area (Å²) < 4.78 is 0.884. The molecule has 17 heavy (non-hydrogen) atoms. The first kappa shape index (κ1) is 13.4. The number of rotatable bonds is 3. The fraction of sp³-hybridized carbons (Fsp3) is 0.231. The normalized spacial score (nSPS) is 12.7. The summed E-state index contributed by atoms with van der Waals surface area (Å²) in [6, 6.07) is 10.0. The highest BCUT2D eigenvalue weighted by molar-refractivity contribution is 9.10. The van der Waals surface area contributed by atoms with Crippen LogP contribution in [-0.2, 0) is 6.42 Å². The number of hydrogen-bond acceptors (Lipinski definition) is 1. The predicted molar refractivity (Wildman–Crippen MR) is 80.5 cm³/mol. The van der Waals surface area contributed by atoms with E-state index >= 15 is 0 Å². The summed E-state index contributed by atoms with van der Waals surface area (Å²) in [5.41, 5.74) is 0.951. The van der Waals surface area contributed by atoms with Gasteiger partial charge in [0.2, 0.25) is 0 Å². The minimum absolute atomic E-state index is 0.176. The van der Waals surface area contributed by atoms with Gasteiger partial charge in [0.05, 0.1) is 10.4 Å². The molecule has 90 valence electrons. The number of alkyl halides is 1. The third kappa shape index (κ3) is 2.87. The monoisotopic (exact) mass is 348 g/mol. The van der Waals surface area contributed by atoms with E-state index in [0.717, 1.165) is 21.3 Å². The first-order valence-electron chi connectivity index (χ1n) is 5.30. The first-order valence-corrected chi connectivity index (χ1v) is 7.72. The van der Waals surface area contributed by atoms with Crippen LogP contribution in [0.2, 0.25) is 5.02 Å². The molecule has 1 unspecified atom stereocenters. The zero-order valence-electron chi connectivity index (χ0n) is 9.21. The summed E-state index contributed by atoms with van der Waals surface area (Å²) in [5.74, 6) is 0. The zero-order valence-corrected chi connectivity index (χ0v) is 13.1. The molecule has 0 aliphatic carbocycles. The Balaban J connectivity index is 2.36. The molecular weight excluding hydrogens is 339 g/mol. The lowest BCUT2D eigenvalue weighted by Crippen LogP contribution is -1.91. The molecular formula is C13H11BrCl2S. The van der Waals surface area contributed by atoms with Crippen LogP contribution in [0.5, 0.6) is 0 Å². The Labute approximate surface area is 124 Å². The standard InChI is InChI=1S/C13H11BrCl2S/c1-2-8-6-7-11(17-8)13(16)9-4-3-5-10(14)12(9)15/h3-7,13H,2H2,1H3. The summed E-state index contributed by atoms with van der Waals surface area (Å²) in [4.78, 5) is 2.49. The second-order valence-corrected chi connectivity index (χ2v) is 6.53. The van der Waals surface area contributed by atoms with Gasteiger partial charge in [0.25, 0.3) is 0 Å². The predicted octanol–water partition coefficient (Wildman–Crippen LogP) is 6.05. The number of aryl methyl sites for hydroxylation is 1. The van der Waals surface area contributed by atoms with Gasteiger partial charge < -0.3 is 0 Å². The lowest BCUT2D eigenvalue weighted by molar-refractivity contribution is 1.18. The largest absolute Gasteiger partial charge is 0.143 e. The van der Waals surface area contributed by atoms with Crippen molar-refractivity contribution in [3.05, 3.63) is 55.1 Å². The Bertz CT molecular complexity index is 522. The van der Waals surface area contributed by atoms with E-state index in [0.29, 0.717) is 5.02 Å². The summed E-state index contributed by atoms with van der Waals surface area (Å²) in [6.45, 7) is 2.14. The smallest absolute Gasteiger partial charge is 0.0942 e. The number of thiophene rings is 1. The van der Waals surface area contributed by atoms with E-state index in [9.17, 15) is 0 Å². The average molecular weight is 350 g/mol. The maximum atomic E-state index is 6.48. The van der Waals surface area contributed by atoms with Crippen LogP contribution in [0.25, 0.3) is 0 Å².